The summed E-state index contributed by atoms with van der Waals surface area (Å²) in [6, 6.07) is 5.51. The number of nitrogens with one attached hydrogen (secondary N) is 1. The average molecular weight is 317 g/mol. The molecule has 1 heterocycles. The molecule has 0 aliphatic rings. The molecule has 0 atom stereocenters. The van der Waals surface area contributed by atoms with Gasteiger partial charge in [0.15, 0.2) is 0 Å². The van der Waals surface area contributed by atoms with Crippen LogP contribution in [0.15, 0.2) is 36.5 Å². The van der Waals surface area contributed by atoms with Gasteiger partial charge in [-0.3, -0.25) is 0 Å². The van der Waals surface area contributed by atoms with E-state index in [4.69, 9.17) is 16.7 Å². The average Bonchev–Trinajstić information content (AvgIpc) is 2.40. The van der Waals surface area contributed by atoms with Crippen molar-refractivity contribution in [2.24, 2.45) is 0 Å². The Kier molecular flexibility index (Phi) is 4.04. The minimum atomic E-state index is -4.48. The molecule has 0 saturated carbocycles. The van der Waals surface area contributed by atoms with E-state index in [2.05, 4.69) is 10.3 Å². The van der Waals surface area contributed by atoms with Crippen LogP contribution in [0.2, 0.25) is 5.02 Å². The minimum absolute atomic E-state index is 0.0254. The second kappa shape index (κ2) is 5.61. The molecule has 0 radical (unpaired) electrons. The van der Waals surface area contributed by atoms with E-state index in [-0.39, 0.29) is 22.1 Å². The summed E-state index contributed by atoms with van der Waals surface area (Å²) in [5, 5.41) is 11.5. The van der Waals surface area contributed by atoms with Crippen LogP contribution in [-0.2, 0) is 6.18 Å². The Hall–Kier alpha value is -2.28. The number of carboxylic acid groups (broad SMARTS) is 1. The first-order valence-corrected chi connectivity index (χ1v) is 5.98. The van der Waals surface area contributed by atoms with E-state index in [1.807, 2.05) is 0 Å². The van der Waals surface area contributed by atoms with Crippen LogP contribution in [0.25, 0.3) is 0 Å². The molecule has 0 spiro atoms. The number of aromatic carboxylic acids is 1. The van der Waals surface area contributed by atoms with Crippen LogP contribution in [0.3, 0.4) is 0 Å². The SMILES string of the molecule is O=C(O)c1ccc(Nc2cc(C(F)(F)F)ccn2)c(Cl)c1. The van der Waals surface area contributed by atoms with Crippen molar-refractivity contribution in [2.75, 3.05) is 5.32 Å². The summed E-state index contributed by atoms with van der Waals surface area (Å²) in [6.45, 7) is 0. The second-order valence-corrected chi connectivity index (χ2v) is 4.46. The predicted octanol–water partition coefficient (Wildman–Crippen LogP) is 4.20. The zero-order chi connectivity index (χ0) is 15.6. The number of rotatable bonds is 3. The largest absolute Gasteiger partial charge is 0.478 e. The number of aromatic nitrogens is 1. The molecular weight excluding hydrogens is 309 g/mol. The van der Waals surface area contributed by atoms with Gasteiger partial charge in [-0.15, -0.1) is 0 Å². The Bertz CT molecular complexity index is 689. The van der Waals surface area contributed by atoms with Crippen LogP contribution in [0.4, 0.5) is 24.7 Å². The number of alkyl halides is 3. The zero-order valence-corrected chi connectivity index (χ0v) is 11.0. The summed E-state index contributed by atoms with van der Waals surface area (Å²) in [5.74, 6) is -1.20. The normalized spacial score (nSPS) is 11.2. The molecule has 4 nitrogen and oxygen atoms in total. The van der Waals surface area contributed by atoms with Gasteiger partial charge in [-0.05, 0) is 30.3 Å². The fraction of sp³-hybridized carbons (Fsp3) is 0.0769. The van der Waals surface area contributed by atoms with Crippen molar-refractivity contribution in [2.45, 2.75) is 6.18 Å². The topological polar surface area (TPSA) is 62.2 Å². The van der Waals surface area contributed by atoms with E-state index in [1.165, 1.54) is 18.2 Å². The number of pyridine rings is 1. The van der Waals surface area contributed by atoms with E-state index in [0.29, 0.717) is 0 Å². The summed E-state index contributed by atoms with van der Waals surface area (Å²) in [5.41, 5.74) is -0.616. The van der Waals surface area contributed by atoms with Crippen LogP contribution < -0.4 is 5.32 Å². The van der Waals surface area contributed by atoms with Crippen molar-refractivity contribution in [3.05, 3.63) is 52.7 Å². The zero-order valence-electron chi connectivity index (χ0n) is 10.3. The standard InChI is InChI=1S/C13H8ClF3N2O2/c14-9-5-7(12(20)21)1-2-10(9)19-11-6-8(3-4-18-11)13(15,16)17/h1-6H,(H,18,19)(H,20,21). The lowest BCUT2D eigenvalue weighted by Crippen LogP contribution is -2.06. The molecule has 0 saturated heterocycles. The van der Waals surface area contributed by atoms with Gasteiger partial charge in [-0.1, -0.05) is 11.6 Å². The summed E-state index contributed by atoms with van der Waals surface area (Å²) in [6.07, 6.45) is -3.46. The lowest BCUT2D eigenvalue weighted by molar-refractivity contribution is -0.137. The molecule has 0 bridgehead atoms. The van der Waals surface area contributed by atoms with Gasteiger partial charge < -0.3 is 10.4 Å². The summed E-state index contributed by atoms with van der Waals surface area (Å²) in [7, 11) is 0. The summed E-state index contributed by atoms with van der Waals surface area (Å²) >= 11 is 5.88. The van der Waals surface area contributed by atoms with Gasteiger partial charge in [0.25, 0.3) is 0 Å². The van der Waals surface area contributed by atoms with Crippen molar-refractivity contribution in [1.82, 2.24) is 4.98 Å². The maximum Gasteiger partial charge on any atom is 0.416 e. The fourth-order valence-electron chi connectivity index (χ4n) is 1.56. The maximum absolute atomic E-state index is 12.6. The van der Waals surface area contributed by atoms with Crippen molar-refractivity contribution >= 4 is 29.1 Å². The third-order valence-electron chi connectivity index (χ3n) is 2.57. The van der Waals surface area contributed by atoms with Crippen molar-refractivity contribution in [1.29, 1.82) is 0 Å². The molecule has 0 amide bonds. The number of anilines is 2. The Morgan fingerprint density at radius 2 is 1.95 bits per heavy atom. The molecular formula is C13H8ClF3N2O2. The monoisotopic (exact) mass is 316 g/mol. The molecule has 0 unspecified atom stereocenters. The number of hydrogen-bond acceptors (Lipinski definition) is 3. The first-order valence-electron chi connectivity index (χ1n) is 5.60. The molecule has 2 N–H and O–H groups in total. The molecule has 2 rings (SSSR count). The van der Waals surface area contributed by atoms with E-state index in [9.17, 15) is 18.0 Å². The summed E-state index contributed by atoms with van der Waals surface area (Å²) < 4.78 is 37.7. The molecule has 21 heavy (non-hydrogen) atoms. The third kappa shape index (κ3) is 3.63. The van der Waals surface area contributed by atoms with Gasteiger partial charge in [-0.25, -0.2) is 9.78 Å². The molecule has 1 aromatic heterocycles. The highest BCUT2D eigenvalue weighted by Gasteiger charge is 2.30. The smallest absolute Gasteiger partial charge is 0.416 e. The lowest BCUT2D eigenvalue weighted by atomic mass is 10.2. The van der Waals surface area contributed by atoms with E-state index >= 15 is 0 Å². The Labute approximate surface area is 122 Å². The van der Waals surface area contributed by atoms with Gasteiger partial charge in [0.1, 0.15) is 5.82 Å². The van der Waals surface area contributed by atoms with Gasteiger partial charge >= 0.3 is 12.1 Å². The Morgan fingerprint density at radius 3 is 2.52 bits per heavy atom. The lowest BCUT2D eigenvalue weighted by Gasteiger charge is -2.11. The van der Waals surface area contributed by atoms with Gasteiger partial charge in [0.05, 0.1) is 21.8 Å². The van der Waals surface area contributed by atoms with Crippen molar-refractivity contribution in [3.8, 4) is 0 Å². The highest BCUT2D eigenvalue weighted by molar-refractivity contribution is 6.33. The quantitative estimate of drug-likeness (QED) is 0.891. The number of hydrogen-bond donors (Lipinski definition) is 2. The highest BCUT2D eigenvalue weighted by atomic mass is 35.5. The molecule has 0 fully saturated rings. The van der Waals surface area contributed by atoms with Crippen molar-refractivity contribution < 1.29 is 23.1 Å². The first-order chi connectivity index (χ1) is 9.77. The third-order valence-corrected chi connectivity index (χ3v) is 2.88. The number of halogens is 4. The molecule has 8 heteroatoms. The number of carboxylic acids is 1. The van der Waals surface area contributed by atoms with Gasteiger partial charge in [0.2, 0.25) is 0 Å². The minimum Gasteiger partial charge on any atom is -0.478 e. The van der Waals surface area contributed by atoms with Crippen LogP contribution in [-0.4, -0.2) is 16.1 Å². The van der Waals surface area contributed by atoms with Crippen molar-refractivity contribution in [3.63, 3.8) is 0 Å². The number of nitrogens with zero attached hydrogens (tertiary/aromatic N) is 1. The Morgan fingerprint density at radius 1 is 1.24 bits per heavy atom. The van der Waals surface area contributed by atoms with Crippen LogP contribution in [0.5, 0.6) is 0 Å². The van der Waals surface area contributed by atoms with E-state index in [1.54, 1.807) is 0 Å². The van der Waals surface area contributed by atoms with Gasteiger partial charge in [0, 0.05) is 6.20 Å². The molecule has 1 aromatic carbocycles. The molecule has 110 valence electrons. The van der Waals surface area contributed by atoms with Crippen LogP contribution in [0.1, 0.15) is 15.9 Å². The first kappa shape index (κ1) is 15.1. The van der Waals surface area contributed by atoms with Gasteiger partial charge in [-0.2, -0.15) is 13.2 Å². The maximum atomic E-state index is 12.6. The summed E-state index contributed by atoms with van der Waals surface area (Å²) in [4.78, 5) is 14.5. The number of carbonyl (C=O) groups is 1. The van der Waals surface area contributed by atoms with Crippen LogP contribution >= 0.6 is 11.6 Å². The van der Waals surface area contributed by atoms with E-state index in [0.717, 1.165) is 18.3 Å². The molecule has 0 aliphatic carbocycles. The highest BCUT2D eigenvalue weighted by Crippen LogP contribution is 2.31. The second-order valence-electron chi connectivity index (χ2n) is 4.05. The predicted molar refractivity (Wildman–Crippen MR) is 70.9 cm³/mol. The number of benzene rings is 1. The fourth-order valence-corrected chi connectivity index (χ4v) is 1.79. The Balaban J connectivity index is 2.28. The van der Waals surface area contributed by atoms with Crippen LogP contribution in [0, 0.1) is 0 Å². The molecule has 0 aliphatic heterocycles. The van der Waals surface area contributed by atoms with E-state index < -0.39 is 17.7 Å². The molecule has 2 aromatic rings.